The van der Waals surface area contributed by atoms with Crippen LogP contribution >= 0.6 is 11.5 Å². The molecule has 2 amide bonds. The van der Waals surface area contributed by atoms with Gasteiger partial charge in [-0.3, -0.25) is 4.79 Å². The Labute approximate surface area is 156 Å². The molecule has 26 heavy (non-hydrogen) atoms. The number of fused-ring (bicyclic) bond motifs is 1. The van der Waals surface area contributed by atoms with Crippen LogP contribution in [0, 0.1) is 13.8 Å². The number of carbonyl (C=O) groups is 2. The number of piperazine rings is 1. The summed E-state index contributed by atoms with van der Waals surface area (Å²) >= 11 is 1.38. The number of rotatable bonds is 4. The molecule has 1 aliphatic rings. The molecule has 0 unspecified atom stereocenters. The van der Waals surface area contributed by atoms with Gasteiger partial charge in [0, 0.05) is 26.2 Å². The van der Waals surface area contributed by atoms with E-state index in [1.165, 1.54) is 17.1 Å². The van der Waals surface area contributed by atoms with Gasteiger partial charge in [-0.1, -0.05) is 6.07 Å². The lowest BCUT2D eigenvalue weighted by atomic mass is 10.1. The maximum atomic E-state index is 12.4. The average Bonchev–Trinajstić information content (AvgIpc) is 3.03. The summed E-state index contributed by atoms with van der Waals surface area (Å²) < 4.78 is 16.1. The fourth-order valence-corrected chi connectivity index (χ4v) is 3.99. The highest BCUT2D eigenvalue weighted by Crippen LogP contribution is 2.32. The quantitative estimate of drug-likeness (QED) is 0.819. The Morgan fingerprint density at radius 2 is 1.85 bits per heavy atom. The molecule has 0 saturated carbocycles. The van der Waals surface area contributed by atoms with Crippen molar-refractivity contribution >= 4 is 33.6 Å². The zero-order chi connectivity index (χ0) is 18.7. The summed E-state index contributed by atoms with van der Waals surface area (Å²) in [5, 5.41) is 0.973. The standard InChI is InChI=1S/C18H23N3O4S/c1-4-24-18(23)21-7-5-20(6-8-21)15(22)11-25-17-16-13(3)9-12(2)10-14(16)26-19-17/h9-10H,4-8,11H2,1-3H3. The van der Waals surface area contributed by atoms with Gasteiger partial charge in [-0.2, -0.15) is 4.37 Å². The van der Waals surface area contributed by atoms with Crippen LogP contribution in [0.15, 0.2) is 12.1 Å². The van der Waals surface area contributed by atoms with Gasteiger partial charge in [0.2, 0.25) is 5.88 Å². The molecule has 0 atom stereocenters. The first-order chi connectivity index (χ1) is 12.5. The molecule has 0 spiro atoms. The Morgan fingerprint density at radius 3 is 2.54 bits per heavy atom. The molecule has 1 aromatic heterocycles. The SMILES string of the molecule is CCOC(=O)N1CCN(C(=O)COc2nsc3cc(C)cc(C)c23)CC1. The lowest BCUT2D eigenvalue weighted by molar-refractivity contribution is -0.135. The molecule has 0 radical (unpaired) electrons. The number of benzene rings is 1. The third-order valence-corrected chi connectivity index (χ3v) is 5.15. The predicted molar refractivity (Wildman–Crippen MR) is 99.8 cm³/mol. The first-order valence-corrected chi connectivity index (χ1v) is 9.46. The summed E-state index contributed by atoms with van der Waals surface area (Å²) in [6.07, 6.45) is -0.324. The Kier molecular flexibility index (Phi) is 5.61. The van der Waals surface area contributed by atoms with E-state index in [1.807, 2.05) is 13.8 Å². The van der Waals surface area contributed by atoms with E-state index in [0.717, 1.165) is 15.6 Å². The molecule has 7 nitrogen and oxygen atoms in total. The van der Waals surface area contributed by atoms with E-state index in [-0.39, 0.29) is 18.6 Å². The van der Waals surface area contributed by atoms with Crippen molar-refractivity contribution in [2.75, 3.05) is 39.4 Å². The molecule has 0 N–H and O–H groups in total. The zero-order valence-corrected chi connectivity index (χ0v) is 16.1. The van der Waals surface area contributed by atoms with Crippen LogP contribution in [0.25, 0.3) is 10.1 Å². The van der Waals surface area contributed by atoms with Gasteiger partial charge in [-0.15, -0.1) is 0 Å². The second kappa shape index (κ2) is 7.90. The van der Waals surface area contributed by atoms with Crippen molar-refractivity contribution in [3.63, 3.8) is 0 Å². The lowest BCUT2D eigenvalue weighted by Crippen LogP contribution is -2.51. The summed E-state index contributed by atoms with van der Waals surface area (Å²) in [6.45, 7) is 8.07. The van der Waals surface area contributed by atoms with Gasteiger partial charge in [0.15, 0.2) is 6.61 Å². The zero-order valence-electron chi connectivity index (χ0n) is 15.3. The molecule has 1 aliphatic heterocycles. The van der Waals surface area contributed by atoms with Crippen molar-refractivity contribution in [1.29, 1.82) is 0 Å². The molecule has 8 heteroatoms. The average molecular weight is 377 g/mol. The van der Waals surface area contributed by atoms with Gasteiger partial charge in [0.25, 0.3) is 5.91 Å². The summed E-state index contributed by atoms with van der Waals surface area (Å²) in [7, 11) is 0. The van der Waals surface area contributed by atoms with Crippen LogP contribution in [-0.2, 0) is 9.53 Å². The van der Waals surface area contributed by atoms with E-state index in [1.54, 1.807) is 16.7 Å². The van der Waals surface area contributed by atoms with Crippen LogP contribution in [0.1, 0.15) is 18.1 Å². The largest absolute Gasteiger partial charge is 0.466 e. The minimum atomic E-state index is -0.324. The van der Waals surface area contributed by atoms with E-state index in [0.29, 0.717) is 38.7 Å². The number of ether oxygens (including phenoxy) is 2. The highest BCUT2D eigenvalue weighted by atomic mass is 32.1. The number of hydrogen-bond acceptors (Lipinski definition) is 6. The van der Waals surface area contributed by atoms with Crippen LogP contribution < -0.4 is 4.74 Å². The van der Waals surface area contributed by atoms with Crippen molar-refractivity contribution in [3.05, 3.63) is 23.3 Å². The Bertz CT molecular complexity index is 812. The van der Waals surface area contributed by atoms with E-state index in [4.69, 9.17) is 9.47 Å². The van der Waals surface area contributed by atoms with Crippen LogP contribution in [0.4, 0.5) is 4.79 Å². The van der Waals surface area contributed by atoms with Gasteiger partial charge in [-0.25, -0.2) is 4.79 Å². The van der Waals surface area contributed by atoms with Crippen molar-refractivity contribution in [1.82, 2.24) is 14.2 Å². The van der Waals surface area contributed by atoms with Crippen LogP contribution in [0.2, 0.25) is 0 Å². The van der Waals surface area contributed by atoms with E-state index >= 15 is 0 Å². The normalized spacial score (nSPS) is 14.6. The number of aromatic nitrogens is 1. The topological polar surface area (TPSA) is 72.0 Å². The predicted octanol–water partition coefficient (Wildman–Crippen LogP) is 2.59. The van der Waals surface area contributed by atoms with Crippen LogP contribution in [0.5, 0.6) is 5.88 Å². The van der Waals surface area contributed by atoms with Crippen molar-refractivity contribution in [2.45, 2.75) is 20.8 Å². The summed E-state index contributed by atoms with van der Waals surface area (Å²) in [5.41, 5.74) is 2.28. The van der Waals surface area contributed by atoms with Crippen LogP contribution in [-0.4, -0.2) is 65.6 Å². The van der Waals surface area contributed by atoms with Gasteiger partial charge >= 0.3 is 6.09 Å². The molecule has 2 heterocycles. The highest BCUT2D eigenvalue weighted by molar-refractivity contribution is 7.13. The van der Waals surface area contributed by atoms with E-state index in [9.17, 15) is 9.59 Å². The molecule has 1 saturated heterocycles. The second-order valence-corrected chi connectivity index (χ2v) is 7.10. The highest BCUT2D eigenvalue weighted by Gasteiger charge is 2.25. The van der Waals surface area contributed by atoms with Crippen LogP contribution in [0.3, 0.4) is 0 Å². The maximum absolute atomic E-state index is 12.4. The number of nitrogens with zero attached hydrogens (tertiary/aromatic N) is 3. The molecule has 3 rings (SSSR count). The Hall–Kier alpha value is -2.35. The fraction of sp³-hybridized carbons (Fsp3) is 0.500. The van der Waals surface area contributed by atoms with Gasteiger partial charge in [0.1, 0.15) is 0 Å². The summed E-state index contributed by atoms with van der Waals surface area (Å²) in [6, 6.07) is 4.16. The van der Waals surface area contributed by atoms with Gasteiger partial charge in [0.05, 0.1) is 16.7 Å². The van der Waals surface area contributed by atoms with Gasteiger partial charge in [-0.05, 0) is 49.5 Å². The molecule has 0 aliphatic carbocycles. The maximum Gasteiger partial charge on any atom is 0.409 e. The third-order valence-electron chi connectivity index (χ3n) is 4.38. The monoisotopic (exact) mass is 377 g/mol. The molecular formula is C18H23N3O4S. The third kappa shape index (κ3) is 3.90. The van der Waals surface area contributed by atoms with Crippen molar-refractivity contribution in [2.24, 2.45) is 0 Å². The smallest absolute Gasteiger partial charge is 0.409 e. The molecular weight excluding hydrogens is 354 g/mol. The van der Waals surface area contributed by atoms with E-state index < -0.39 is 0 Å². The first kappa shape index (κ1) is 18.4. The minimum absolute atomic E-state index is 0.0500. The minimum Gasteiger partial charge on any atom is -0.466 e. The first-order valence-electron chi connectivity index (χ1n) is 8.68. The number of amides is 2. The van der Waals surface area contributed by atoms with E-state index in [2.05, 4.69) is 16.5 Å². The second-order valence-electron chi connectivity index (χ2n) is 6.30. The molecule has 1 fully saturated rings. The lowest BCUT2D eigenvalue weighted by Gasteiger charge is -2.33. The van der Waals surface area contributed by atoms with Gasteiger partial charge < -0.3 is 19.3 Å². The van der Waals surface area contributed by atoms with Crippen molar-refractivity contribution in [3.8, 4) is 5.88 Å². The fourth-order valence-electron chi connectivity index (χ4n) is 3.08. The number of carbonyl (C=O) groups excluding carboxylic acids is 2. The Morgan fingerprint density at radius 1 is 1.15 bits per heavy atom. The molecule has 1 aromatic carbocycles. The molecule has 2 aromatic rings. The Balaban J connectivity index is 1.56. The summed E-state index contributed by atoms with van der Waals surface area (Å²) in [4.78, 5) is 27.4. The number of aryl methyl sites for hydroxylation is 2. The number of hydrogen-bond donors (Lipinski definition) is 0. The molecule has 0 bridgehead atoms. The van der Waals surface area contributed by atoms with Crippen molar-refractivity contribution < 1.29 is 19.1 Å². The summed E-state index contributed by atoms with van der Waals surface area (Å²) in [5.74, 6) is 0.417. The molecule has 140 valence electrons.